The predicted molar refractivity (Wildman–Crippen MR) is 45.9 cm³/mol. The van der Waals surface area contributed by atoms with E-state index in [-0.39, 0.29) is 0 Å². The molecule has 0 spiro atoms. The molecular weight excluding hydrogens is 136 g/mol. The highest BCUT2D eigenvalue weighted by molar-refractivity contribution is 6.00. The molecule has 1 aliphatic rings. The van der Waals surface area contributed by atoms with Crippen LogP contribution in [0.2, 0.25) is 0 Å². The minimum atomic E-state index is 0.698. The van der Waals surface area contributed by atoms with Gasteiger partial charge in [0.15, 0.2) is 0 Å². The summed E-state index contributed by atoms with van der Waals surface area (Å²) in [5.74, 6) is 0. The maximum Gasteiger partial charge on any atom is 0.0441 e. The molecule has 0 radical (unpaired) electrons. The molecule has 0 aliphatic heterocycles. The average Bonchev–Trinajstić information content (AvgIpc) is 2.32. The van der Waals surface area contributed by atoms with Crippen molar-refractivity contribution in [1.82, 2.24) is 4.57 Å². The first-order valence-corrected chi connectivity index (χ1v) is 3.67. The Morgan fingerprint density at radius 1 is 1.45 bits per heavy atom. The molecule has 0 bridgehead atoms. The molecule has 0 fully saturated rings. The van der Waals surface area contributed by atoms with Gasteiger partial charge >= 0.3 is 0 Å². The van der Waals surface area contributed by atoms with Crippen molar-refractivity contribution in [3.63, 3.8) is 0 Å². The Bertz CT molecular complexity index is 331. The van der Waals surface area contributed by atoms with E-state index in [2.05, 4.69) is 10.6 Å². The van der Waals surface area contributed by atoms with Gasteiger partial charge in [-0.1, -0.05) is 0 Å². The third-order valence-corrected chi connectivity index (χ3v) is 2.03. The van der Waals surface area contributed by atoms with Gasteiger partial charge in [-0.05, 0) is 23.8 Å². The van der Waals surface area contributed by atoms with Crippen molar-refractivity contribution >= 4 is 11.8 Å². The van der Waals surface area contributed by atoms with Gasteiger partial charge in [0, 0.05) is 31.1 Å². The second-order valence-electron chi connectivity index (χ2n) is 2.87. The van der Waals surface area contributed by atoms with Crippen LogP contribution < -0.4 is 0 Å². The largest absolute Gasteiger partial charge is 0.351 e. The van der Waals surface area contributed by atoms with Crippen LogP contribution in [0.3, 0.4) is 0 Å². The highest BCUT2D eigenvalue weighted by Crippen LogP contribution is 2.17. The van der Waals surface area contributed by atoms with Gasteiger partial charge in [-0.2, -0.15) is 0 Å². The fraction of sp³-hybridized carbons (Fsp3) is 0.222. The van der Waals surface area contributed by atoms with E-state index in [0.29, 0.717) is 5.71 Å². The monoisotopic (exact) mass is 146 g/mol. The number of hydrogen-bond acceptors (Lipinski definition) is 1. The van der Waals surface area contributed by atoms with Crippen molar-refractivity contribution < 1.29 is 0 Å². The van der Waals surface area contributed by atoms with E-state index < -0.39 is 0 Å². The Balaban J connectivity index is 2.56. The molecule has 56 valence electrons. The molecule has 1 N–H and O–H groups in total. The van der Waals surface area contributed by atoms with Crippen LogP contribution in [0.5, 0.6) is 0 Å². The zero-order valence-electron chi connectivity index (χ0n) is 6.46. The number of allylic oxidation sites excluding steroid dienone is 1. The summed E-state index contributed by atoms with van der Waals surface area (Å²) in [5.41, 5.74) is 3.20. The van der Waals surface area contributed by atoms with Crippen molar-refractivity contribution in [1.29, 1.82) is 5.41 Å². The van der Waals surface area contributed by atoms with E-state index in [1.165, 1.54) is 11.3 Å². The molecule has 0 amide bonds. The number of aryl methyl sites for hydroxylation is 1. The molecule has 1 heterocycles. The molecular formula is C9H10N2. The van der Waals surface area contributed by atoms with Crippen LogP contribution in [-0.4, -0.2) is 10.3 Å². The lowest BCUT2D eigenvalue weighted by molar-refractivity contribution is 0.908. The summed E-state index contributed by atoms with van der Waals surface area (Å²) in [5, 5.41) is 7.43. The van der Waals surface area contributed by atoms with Crippen molar-refractivity contribution in [3.05, 3.63) is 29.6 Å². The number of hydrogen-bond donors (Lipinski definition) is 1. The van der Waals surface area contributed by atoms with E-state index in [1.807, 2.05) is 25.4 Å². The van der Waals surface area contributed by atoms with Crippen molar-refractivity contribution in [3.8, 4) is 0 Å². The number of rotatable bonds is 0. The molecule has 0 saturated carbocycles. The third-order valence-electron chi connectivity index (χ3n) is 2.03. The van der Waals surface area contributed by atoms with Crippen LogP contribution in [0.15, 0.2) is 18.3 Å². The second kappa shape index (κ2) is 2.09. The Labute approximate surface area is 65.7 Å². The summed E-state index contributed by atoms with van der Waals surface area (Å²) < 4.78 is 2.08. The van der Waals surface area contributed by atoms with E-state index >= 15 is 0 Å². The quantitative estimate of drug-likeness (QED) is 0.576. The first-order valence-electron chi connectivity index (χ1n) is 3.67. The topological polar surface area (TPSA) is 28.8 Å². The summed E-state index contributed by atoms with van der Waals surface area (Å²) in [6.07, 6.45) is 6.68. The standard InChI is InChI=1S/C9H10N2/c1-11-5-4-7-6-8(10)2-3-9(7)11/h2-5,10H,6H2,1H3. The molecule has 0 unspecified atom stereocenters. The number of nitrogens with zero attached hydrogens (tertiary/aromatic N) is 1. The lowest BCUT2D eigenvalue weighted by Crippen LogP contribution is -2.04. The van der Waals surface area contributed by atoms with Gasteiger partial charge in [-0.15, -0.1) is 0 Å². The normalized spacial score (nSPS) is 15.2. The summed E-state index contributed by atoms with van der Waals surface area (Å²) in [6.45, 7) is 0. The lowest BCUT2D eigenvalue weighted by atomic mass is 10.0. The maximum absolute atomic E-state index is 7.43. The summed E-state index contributed by atoms with van der Waals surface area (Å²) in [4.78, 5) is 0. The first kappa shape index (κ1) is 6.40. The van der Waals surface area contributed by atoms with Gasteiger partial charge in [0.2, 0.25) is 0 Å². The van der Waals surface area contributed by atoms with Crippen LogP contribution in [0, 0.1) is 5.41 Å². The second-order valence-corrected chi connectivity index (χ2v) is 2.87. The summed E-state index contributed by atoms with van der Waals surface area (Å²) in [7, 11) is 2.03. The van der Waals surface area contributed by atoms with Gasteiger partial charge in [0.1, 0.15) is 0 Å². The van der Waals surface area contributed by atoms with Gasteiger partial charge in [-0.25, -0.2) is 0 Å². The van der Waals surface area contributed by atoms with Gasteiger partial charge in [-0.3, -0.25) is 0 Å². The zero-order chi connectivity index (χ0) is 7.84. The molecule has 2 heteroatoms. The molecule has 1 aromatic heterocycles. The van der Waals surface area contributed by atoms with E-state index in [9.17, 15) is 0 Å². The molecule has 0 saturated heterocycles. The molecule has 1 aliphatic carbocycles. The van der Waals surface area contributed by atoms with Crippen molar-refractivity contribution in [2.75, 3.05) is 0 Å². The predicted octanol–water partition coefficient (Wildman–Crippen LogP) is 1.61. The summed E-state index contributed by atoms with van der Waals surface area (Å²) in [6, 6.07) is 2.08. The van der Waals surface area contributed by atoms with Gasteiger partial charge in [0.25, 0.3) is 0 Å². The van der Waals surface area contributed by atoms with Crippen LogP contribution >= 0.6 is 0 Å². The summed E-state index contributed by atoms with van der Waals surface area (Å²) >= 11 is 0. The van der Waals surface area contributed by atoms with Crippen LogP contribution in [0.4, 0.5) is 0 Å². The third kappa shape index (κ3) is 0.909. The number of aromatic nitrogens is 1. The van der Waals surface area contributed by atoms with Crippen LogP contribution in [-0.2, 0) is 13.5 Å². The fourth-order valence-electron chi connectivity index (χ4n) is 1.41. The van der Waals surface area contributed by atoms with Gasteiger partial charge < -0.3 is 9.98 Å². The molecule has 0 atom stereocenters. The molecule has 1 aromatic rings. The molecule has 0 aromatic carbocycles. The van der Waals surface area contributed by atoms with E-state index in [4.69, 9.17) is 5.41 Å². The zero-order valence-corrected chi connectivity index (χ0v) is 6.46. The van der Waals surface area contributed by atoms with Gasteiger partial charge in [0.05, 0.1) is 0 Å². The number of fused-ring (bicyclic) bond motifs is 1. The average molecular weight is 146 g/mol. The smallest absolute Gasteiger partial charge is 0.0441 e. The molecule has 2 rings (SSSR count). The Morgan fingerprint density at radius 2 is 2.27 bits per heavy atom. The Kier molecular flexibility index (Phi) is 1.22. The lowest BCUT2D eigenvalue weighted by Gasteiger charge is -2.07. The minimum absolute atomic E-state index is 0.698. The van der Waals surface area contributed by atoms with Crippen molar-refractivity contribution in [2.24, 2.45) is 7.05 Å². The van der Waals surface area contributed by atoms with E-state index in [0.717, 1.165) is 6.42 Å². The molecule has 11 heavy (non-hydrogen) atoms. The van der Waals surface area contributed by atoms with Crippen LogP contribution in [0.25, 0.3) is 6.08 Å². The molecule has 2 nitrogen and oxygen atoms in total. The SMILES string of the molecule is Cn1ccc2c1C=CC(=N)C2. The Hall–Kier alpha value is -1.31. The first-order chi connectivity index (χ1) is 5.27. The highest BCUT2D eigenvalue weighted by Gasteiger charge is 2.09. The fourth-order valence-corrected chi connectivity index (χ4v) is 1.41. The van der Waals surface area contributed by atoms with Crippen molar-refractivity contribution in [2.45, 2.75) is 6.42 Å². The van der Waals surface area contributed by atoms with E-state index in [1.54, 1.807) is 0 Å². The maximum atomic E-state index is 7.43. The Morgan fingerprint density at radius 3 is 3.09 bits per heavy atom. The number of nitrogens with one attached hydrogen (secondary N) is 1. The minimum Gasteiger partial charge on any atom is -0.351 e. The highest BCUT2D eigenvalue weighted by atomic mass is 14.9. The van der Waals surface area contributed by atoms with Crippen LogP contribution in [0.1, 0.15) is 11.3 Å².